The molecule has 4 nitrogen and oxygen atoms in total. The van der Waals surface area contributed by atoms with E-state index in [2.05, 4.69) is 5.32 Å². The largest absolute Gasteiger partial charge is 0.480 e. The molecule has 0 atom stereocenters. The number of carboxylic acid groups (broad SMARTS) is 1. The number of nitrogens with one attached hydrogen (secondary N) is 1. The maximum Gasteiger partial charge on any atom is 0.329 e. The zero-order valence-electron chi connectivity index (χ0n) is 12.0. The molecular weight excluding hydrogens is 254 g/mol. The van der Waals surface area contributed by atoms with Crippen molar-refractivity contribution in [3.8, 4) is 0 Å². The summed E-state index contributed by atoms with van der Waals surface area (Å²) in [5.41, 5.74) is -0.939. The highest BCUT2D eigenvalue weighted by atomic mass is 16.4. The molecule has 1 saturated carbocycles. The van der Waals surface area contributed by atoms with Crippen LogP contribution in [0, 0.1) is 0 Å². The number of rotatable bonds is 4. The van der Waals surface area contributed by atoms with Crippen LogP contribution in [0.4, 0.5) is 0 Å². The van der Waals surface area contributed by atoms with Gasteiger partial charge in [0.25, 0.3) is 0 Å². The molecule has 1 fully saturated rings. The van der Waals surface area contributed by atoms with Gasteiger partial charge in [0, 0.05) is 0 Å². The second-order valence-corrected chi connectivity index (χ2v) is 6.04. The van der Waals surface area contributed by atoms with Crippen molar-refractivity contribution in [3.05, 3.63) is 35.9 Å². The van der Waals surface area contributed by atoms with Crippen molar-refractivity contribution in [2.45, 2.75) is 50.5 Å². The molecule has 1 aromatic carbocycles. The number of carbonyl (C=O) groups excluding carboxylic acids is 1. The van der Waals surface area contributed by atoms with Crippen LogP contribution in [0.1, 0.15) is 45.1 Å². The molecule has 2 rings (SSSR count). The molecule has 0 spiro atoms. The van der Waals surface area contributed by atoms with Crippen molar-refractivity contribution in [2.75, 3.05) is 0 Å². The Balaban J connectivity index is 2.21. The predicted molar refractivity (Wildman–Crippen MR) is 76.4 cm³/mol. The van der Waals surface area contributed by atoms with Gasteiger partial charge in [-0.2, -0.15) is 0 Å². The van der Waals surface area contributed by atoms with Crippen LogP contribution in [-0.4, -0.2) is 22.5 Å². The highest BCUT2D eigenvalue weighted by Gasteiger charge is 2.45. The summed E-state index contributed by atoms with van der Waals surface area (Å²) in [7, 11) is 0. The number of hydrogen-bond donors (Lipinski definition) is 2. The first-order valence-electron chi connectivity index (χ1n) is 7.00. The first-order valence-corrected chi connectivity index (χ1v) is 7.00. The van der Waals surface area contributed by atoms with Crippen LogP contribution in [0.5, 0.6) is 0 Å². The van der Waals surface area contributed by atoms with Gasteiger partial charge < -0.3 is 10.4 Å². The second kappa shape index (κ2) is 5.27. The molecule has 0 unspecified atom stereocenters. The van der Waals surface area contributed by atoms with E-state index in [1.54, 1.807) is 0 Å². The summed E-state index contributed by atoms with van der Waals surface area (Å²) in [5.74, 6) is -1.15. The monoisotopic (exact) mass is 275 g/mol. The molecule has 1 aliphatic carbocycles. The number of benzene rings is 1. The van der Waals surface area contributed by atoms with Crippen molar-refractivity contribution < 1.29 is 14.7 Å². The topological polar surface area (TPSA) is 66.4 Å². The first kappa shape index (κ1) is 14.6. The molecule has 0 radical (unpaired) electrons. The summed E-state index contributed by atoms with van der Waals surface area (Å²) in [6, 6.07) is 9.44. The Morgan fingerprint density at radius 3 is 2.20 bits per heavy atom. The molecule has 0 saturated heterocycles. The molecule has 1 amide bonds. The zero-order chi connectivity index (χ0) is 14.8. The fourth-order valence-electron chi connectivity index (χ4n) is 2.73. The Kier molecular flexibility index (Phi) is 3.84. The van der Waals surface area contributed by atoms with Gasteiger partial charge in [-0.05, 0) is 32.3 Å². The van der Waals surface area contributed by atoms with Gasteiger partial charge >= 0.3 is 5.97 Å². The van der Waals surface area contributed by atoms with Crippen LogP contribution in [0.2, 0.25) is 0 Å². The van der Waals surface area contributed by atoms with E-state index in [4.69, 9.17) is 0 Å². The third kappa shape index (κ3) is 2.55. The van der Waals surface area contributed by atoms with E-state index < -0.39 is 16.9 Å². The van der Waals surface area contributed by atoms with E-state index in [0.717, 1.165) is 18.4 Å². The van der Waals surface area contributed by atoms with Gasteiger partial charge in [0.05, 0.1) is 5.41 Å². The number of hydrogen-bond acceptors (Lipinski definition) is 2. The van der Waals surface area contributed by atoms with Crippen molar-refractivity contribution in [1.29, 1.82) is 0 Å². The molecule has 0 aliphatic heterocycles. The standard InChI is InChI=1S/C16H21NO3/c1-15(2,12-8-4-3-5-9-12)13(18)17-16(14(19)20)10-6-7-11-16/h3-5,8-9H,6-7,10-11H2,1-2H3,(H,17,18)(H,19,20). The lowest BCUT2D eigenvalue weighted by Crippen LogP contribution is -2.56. The van der Waals surface area contributed by atoms with Gasteiger partial charge in [-0.25, -0.2) is 4.79 Å². The van der Waals surface area contributed by atoms with Crippen LogP contribution < -0.4 is 5.32 Å². The van der Waals surface area contributed by atoms with Gasteiger partial charge in [-0.3, -0.25) is 4.79 Å². The average molecular weight is 275 g/mol. The van der Waals surface area contributed by atoms with Crippen molar-refractivity contribution in [1.82, 2.24) is 5.32 Å². The zero-order valence-corrected chi connectivity index (χ0v) is 12.0. The van der Waals surface area contributed by atoms with E-state index in [9.17, 15) is 14.7 Å². The summed E-state index contributed by atoms with van der Waals surface area (Å²) in [6.45, 7) is 3.64. The maximum absolute atomic E-state index is 12.6. The lowest BCUT2D eigenvalue weighted by atomic mass is 9.82. The fraction of sp³-hybridized carbons (Fsp3) is 0.500. The average Bonchev–Trinajstić information content (AvgIpc) is 2.89. The minimum atomic E-state index is -1.08. The minimum absolute atomic E-state index is 0.229. The van der Waals surface area contributed by atoms with E-state index in [1.807, 2.05) is 44.2 Å². The van der Waals surface area contributed by atoms with Gasteiger partial charge in [0.1, 0.15) is 5.54 Å². The predicted octanol–water partition coefficient (Wildman–Crippen LogP) is 2.48. The summed E-state index contributed by atoms with van der Waals surface area (Å²) in [4.78, 5) is 24.1. The molecule has 20 heavy (non-hydrogen) atoms. The summed E-state index contributed by atoms with van der Waals surface area (Å²) >= 11 is 0. The Hall–Kier alpha value is -1.84. The van der Waals surface area contributed by atoms with Crippen molar-refractivity contribution >= 4 is 11.9 Å². The lowest BCUT2D eigenvalue weighted by Gasteiger charge is -2.31. The van der Waals surface area contributed by atoms with Crippen molar-refractivity contribution in [3.63, 3.8) is 0 Å². The van der Waals surface area contributed by atoms with Gasteiger partial charge in [0.2, 0.25) is 5.91 Å². The van der Waals surface area contributed by atoms with Crippen LogP contribution in [-0.2, 0) is 15.0 Å². The Labute approximate surface area is 119 Å². The molecular formula is C16H21NO3. The summed E-state index contributed by atoms with van der Waals surface area (Å²) in [5, 5.41) is 12.2. The molecule has 2 N–H and O–H groups in total. The third-order valence-corrected chi connectivity index (χ3v) is 4.28. The van der Waals surface area contributed by atoms with E-state index >= 15 is 0 Å². The smallest absolute Gasteiger partial charge is 0.329 e. The van der Waals surface area contributed by atoms with Gasteiger partial charge in [-0.1, -0.05) is 43.2 Å². The van der Waals surface area contributed by atoms with Crippen LogP contribution in [0.25, 0.3) is 0 Å². The van der Waals surface area contributed by atoms with Crippen LogP contribution >= 0.6 is 0 Å². The highest BCUT2D eigenvalue weighted by Crippen LogP contribution is 2.32. The molecule has 1 aliphatic rings. The lowest BCUT2D eigenvalue weighted by molar-refractivity contribution is -0.148. The normalized spacial score (nSPS) is 17.7. The number of amides is 1. The third-order valence-electron chi connectivity index (χ3n) is 4.28. The number of carbonyl (C=O) groups is 2. The summed E-state index contributed by atoms with van der Waals surface area (Å²) in [6.07, 6.45) is 2.72. The van der Waals surface area contributed by atoms with E-state index in [1.165, 1.54) is 0 Å². The molecule has 108 valence electrons. The molecule has 0 aromatic heterocycles. The van der Waals surface area contributed by atoms with Gasteiger partial charge in [-0.15, -0.1) is 0 Å². The quantitative estimate of drug-likeness (QED) is 0.887. The molecule has 0 heterocycles. The minimum Gasteiger partial charge on any atom is -0.480 e. The fourth-order valence-corrected chi connectivity index (χ4v) is 2.73. The van der Waals surface area contributed by atoms with E-state index in [-0.39, 0.29) is 5.91 Å². The SMILES string of the molecule is CC(C)(C(=O)NC1(C(=O)O)CCCC1)c1ccccc1. The Bertz CT molecular complexity index is 502. The van der Waals surface area contributed by atoms with E-state index in [0.29, 0.717) is 12.8 Å². The maximum atomic E-state index is 12.6. The van der Waals surface area contributed by atoms with Crippen LogP contribution in [0.15, 0.2) is 30.3 Å². The van der Waals surface area contributed by atoms with Crippen LogP contribution in [0.3, 0.4) is 0 Å². The molecule has 0 bridgehead atoms. The highest BCUT2D eigenvalue weighted by molar-refractivity contribution is 5.92. The molecule has 4 heteroatoms. The molecule has 1 aromatic rings. The Morgan fingerprint density at radius 1 is 1.15 bits per heavy atom. The second-order valence-electron chi connectivity index (χ2n) is 6.04. The number of aliphatic carboxylic acids is 1. The van der Waals surface area contributed by atoms with Crippen molar-refractivity contribution in [2.24, 2.45) is 0 Å². The Morgan fingerprint density at radius 2 is 1.70 bits per heavy atom. The number of carboxylic acids is 1. The first-order chi connectivity index (χ1) is 9.38. The van der Waals surface area contributed by atoms with Gasteiger partial charge in [0.15, 0.2) is 0 Å². The summed E-state index contributed by atoms with van der Waals surface area (Å²) < 4.78 is 0.